The Bertz CT molecular complexity index is 3930. The van der Waals surface area contributed by atoms with E-state index in [2.05, 4.69) is 87.6 Å². The third kappa shape index (κ3) is 26.2. The molecule has 1 radical (unpaired) electrons. The summed E-state index contributed by atoms with van der Waals surface area (Å²) in [4.78, 5) is 108. The Balaban J connectivity index is 0.000000195. The fourth-order valence-corrected chi connectivity index (χ4v) is 16.1. The van der Waals surface area contributed by atoms with E-state index in [1.54, 1.807) is 20.8 Å². The number of nitrogens with one attached hydrogen (secondary N) is 3. The number of nitrogens with two attached hydrogens (primary N) is 1. The van der Waals surface area contributed by atoms with E-state index >= 15 is 0 Å². The molecule has 4 amide bonds. The molecule has 0 spiro atoms. The minimum atomic E-state index is -4.95. The van der Waals surface area contributed by atoms with Crippen molar-refractivity contribution < 1.29 is 82.5 Å². The molecule has 18 unspecified atom stereocenters. The zero-order valence-electron chi connectivity index (χ0n) is 63.2. The number of imide groups is 1. The van der Waals surface area contributed by atoms with E-state index in [-0.39, 0.29) is 91.2 Å². The Morgan fingerprint density at radius 3 is 1.47 bits per heavy atom. The van der Waals surface area contributed by atoms with E-state index in [1.807, 2.05) is 37.4 Å². The fourth-order valence-electron chi connectivity index (χ4n) is 14.4. The van der Waals surface area contributed by atoms with E-state index in [0.717, 1.165) is 135 Å². The summed E-state index contributed by atoms with van der Waals surface area (Å²) in [6, 6.07) is 0.578. The van der Waals surface area contributed by atoms with Gasteiger partial charge in [-0.1, -0.05) is 12.2 Å². The topological polar surface area (TPSA) is 341 Å². The van der Waals surface area contributed by atoms with Gasteiger partial charge >= 0.3 is 61.4 Å². The summed E-state index contributed by atoms with van der Waals surface area (Å²) in [7, 11) is 4.34. The quantitative estimate of drug-likeness (QED) is 0.0316. The summed E-state index contributed by atoms with van der Waals surface area (Å²) in [6.07, 6.45) is -3.02. The van der Waals surface area contributed by atoms with Gasteiger partial charge in [0, 0.05) is 106 Å². The number of amides is 4. The summed E-state index contributed by atoms with van der Waals surface area (Å²) in [5, 5.41) is 10.7. The van der Waals surface area contributed by atoms with Crippen molar-refractivity contribution in [3.05, 3.63) is 54.3 Å². The number of ether oxygens (including phenoxy) is 3. The zero-order chi connectivity index (χ0) is 79.2. The molecule has 2 aromatic heterocycles. The van der Waals surface area contributed by atoms with Crippen molar-refractivity contribution in [2.45, 2.75) is 167 Å². The summed E-state index contributed by atoms with van der Waals surface area (Å²) < 4.78 is 129. The third-order valence-electron chi connectivity index (χ3n) is 21.4. The summed E-state index contributed by atoms with van der Waals surface area (Å²) in [6.45, 7) is 22.8. The van der Waals surface area contributed by atoms with Crippen LogP contribution in [0, 0.1) is 94.7 Å². The molecular weight excluding hydrogens is 1680 g/mol. The first-order valence-electron chi connectivity index (χ1n) is 36.5. The van der Waals surface area contributed by atoms with Crippen LogP contribution < -0.4 is 39.0 Å². The van der Waals surface area contributed by atoms with Crippen molar-refractivity contribution in [3.8, 4) is 0 Å². The first-order chi connectivity index (χ1) is 50.5. The number of aliphatic imine (C=N–C) groups is 2. The maximum absolute atomic E-state index is 12.6. The number of aromatic nitrogens is 4. The monoisotopic (exact) mass is 1770 g/mol. The van der Waals surface area contributed by atoms with Gasteiger partial charge in [0.15, 0.2) is 11.4 Å². The predicted molar refractivity (Wildman–Crippen MR) is 418 cm³/mol. The number of thiocarbonyl (C=S) groups is 1. The van der Waals surface area contributed by atoms with Crippen LogP contribution in [0.2, 0.25) is 0 Å². The molecule has 5 saturated heterocycles. The van der Waals surface area contributed by atoms with Gasteiger partial charge in [0.05, 0.1) is 22.5 Å². The van der Waals surface area contributed by atoms with Gasteiger partial charge in [-0.15, -0.1) is 49.0 Å². The van der Waals surface area contributed by atoms with Crippen LogP contribution in [0.4, 0.5) is 49.1 Å². The molecule has 18 aliphatic rings. The summed E-state index contributed by atoms with van der Waals surface area (Å²) >= 11 is 12.7. The van der Waals surface area contributed by atoms with E-state index in [0.29, 0.717) is 66.9 Å². The number of thioether (sulfide) groups is 1. The number of piperidine rings is 5. The van der Waals surface area contributed by atoms with Crippen LogP contribution in [0.15, 0.2) is 34.4 Å². The van der Waals surface area contributed by atoms with E-state index in [1.165, 1.54) is 71.2 Å². The molecule has 42 heteroatoms. The number of esters is 1. The van der Waals surface area contributed by atoms with Crippen LogP contribution in [-0.2, 0) is 58.8 Å². The fraction of sp³-hybridized carbons (Fsp3) is 0.757. The van der Waals surface area contributed by atoms with E-state index in [4.69, 9.17) is 27.4 Å². The standard InChI is InChI=1S/C10H15NO3.C10H17NO2.C9H6BrF3N2O.C9H7F3N2O.C6H7F3O3.C6H9NS.C5H8N2.C5H7NO.C5H7NS.C5H9N.BHNS.3ClH.H3N/c1-10(2,3)14-9(13)11-5-6-4-7(6)8(11)12;1-10(2,3)13-9(12)11-5-7-4-8(7)6-11;10-5-6(9(11,12)13)14-7-4-1-3(4)2-15(7)8(5)16;10-9(11,12)6-2-7(15)14-3-4-1-5(4)8(14)13-6;1-2-12-5(11)3-4(10)6(7,8)9;1-8-6-5-2-4(5)3-7-6;6-5-4-1-3(4)2-7-5;2*7-5-4-1-3(4)2-6-5;1-4-2-6-3-5(1)4;1-2-3;;;;/h6-7H,4-5H2,1-3H3;7-8H,4-6H2,1-3H3;3-4H,1-2H2;2,4-5H,1,3H2;2-3H2,1H3;4-5H,2-3H2,1H3;3-4H,1-2H2,(H2,6,7);2*3-4H,1-2H2,(H,6,7);4-6H,1-3H2;3H;3*1H;1H3. The molecule has 9 saturated carbocycles. The van der Waals surface area contributed by atoms with Crippen molar-refractivity contribution in [3.63, 3.8) is 0 Å². The van der Waals surface area contributed by atoms with Gasteiger partial charge in [-0.3, -0.25) is 47.9 Å². The van der Waals surface area contributed by atoms with Gasteiger partial charge in [0.1, 0.15) is 33.7 Å². The molecule has 20 rings (SSSR count). The number of thiol groups is 1. The number of halogens is 13. The van der Waals surface area contributed by atoms with Crippen molar-refractivity contribution in [2.75, 3.05) is 71.8 Å². The first kappa shape index (κ1) is 95.7. The van der Waals surface area contributed by atoms with Gasteiger partial charge in [0.25, 0.3) is 11.1 Å². The number of fused-ring (bicyclic) bond motifs is 13. The van der Waals surface area contributed by atoms with Crippen LogP contribution in [0.1, 0.15) is 148 Å². The Morgan fingerprint density at radius 1 is 0.634 bits per heavy atom. The number of rotatable bonds is 3. The van der Waals surface area contributed by atoms with Crippen LogP contribution in [-0.4, -0.2) is 177 Å². The van der Waals surface area contributed by atoms with Crippen LogP contribution in [0.3, 0.4) is 0 Å². The maximum atomic E-state index is 12.6. The number of ketones is 1. The molecule has 0 bridgehead atoms. The molecule has 11 heterocycles. The molecule has 8 N–H and O–H groups in total. The molecule has 0 aromatic carbocycles. The summed E-state index contributed by atoms with van der Waals surface area (Å²) in [5.74, 6) is 9.96. The normalized spacial score (nSPS) is 30.4. The average Bonchev–Trinajstić information content (AvgIpc) is 1.58. The number of carbonyl (C=O) groups excluding carboxylic acids is 6. The van der Waals surface area contributed by atoms with Crippen molar-refractivity contribution >= 4 is 149 Å². The number of hydrogen-bond donors (Lipinski definition) is 6. The first-order valence-corrected chi connectivity index (χ1v) is 39.4. The molecular formula is C70H99BBrCl3F9N14O11S3. The minimum absolute atomic E-state index is 0. The Kier molecular flexibility index (Phi) is 32.9. The molecule has 25 nitrogen and oxygen atoms in total. The van der Waals surface area contributed by atoms with Gasteiger partial charge in [0.2, 0.25) is 17.6 Å². The van der Waals surface area contributed by atoms with Gasteiger partial charge in [-0.05, 0) is 207 Å². The molecule has 18 atom stereocenters. The Morgan fingerprint density at radius 2 is 1.12 bits per heavy atom. The number of Topliss-reactive ketones (excluding diaryl/α,β-unsaturated/α-hetero) is 1. The molecule has 9 aliphatic carbocycles. The van der Waals surface area contributed by atoms with Gasteiger partial charge < -0.3 is 46.9 Å². The molecule has 2 aromatic rings. The molecule has 14 fully saturated rings. The average molecular weight is 1780 g/mol. The van der Waals surface area contributed by atoms with Crippen LogP contribution in [0.25, 0.3) is 0 Å². The van der Waals surface area contributed by atoms with E-state index in [9.17, 15) is 77.9 Å². The zero-order valence-corrected chi connectivity index (χ0v) is 69.7. The summed E-state index contributed by atoms with van der Waals surface area (Å²) in [5.41, 5.74) is 1.22. The van der Waals surface area contributed by atoms with Crippen LogP contribution >= 0.6 is 89.9 Å². The van der Waals surface area contributed by atoms with Crippen molar-refractivity contribution in [2.24, 2.45) is 115 Å². The SMILES string of the molecule is C1NCC2CC12.CC(C)(C)OC(=O)N1CC2CC2C1.CC(C)(C)OC(=O)N1CC2CC2C1=O.CCOC(=O)CC(=O)C(F)(F)F.CSC1=NCC2CC12.Cl.Cl.Cl.N.NC1=NCC2CC12.O=C1NCC2CC12.O=c1c(Br)c(C(F)(F)F)nc2n1CC1CC21.O=c1cc(C(F)(F)F)nc2n1CC1CC21.S=C1NCC2CC12.[B]=NS. The number of alkyl halides is 9. The molecule has 627 valence electrons. The van der Waals surface area contributed by atoms with Crippen LogP contribution in [0.5, 0.6) is 0 Å². The van der Waals surface area contributed by atoms with Gasteiger partial charge in [-0.2, -0.15) is 39.5 Å². The number of hydrogen-bond acceptors (Lipinski definition) is 22. The molecule has 9 aliphatic heterocycles. The second kappa shape index (κ2) is 38.5. The van der Waals surface area contributed by atoms with Gasteiger partial charge in [-0.25, -0.2) is 24.5 Å². The third-order valence-corrected chi connectivity index (χ3v) is 23.4. The number of carbonyl (C=O) groups is 6. The number of amidine groups is 1. The van der Waals surface area contributed by atoms with Crippen molar-refractivity contribution in [1.82, 2.24) is 51.0 Å². The number of nitrogens with zero attached hydrogens (tertiary/aromatic N) is 9. The van der Waals surface area contributed by atoms with Crippen molar-refractivity contribution in [1.29, 1.82) is 0 Å². The Labute approximate surface area is 686 Å². The van der Waals surface area contributed by atoms with E-state index < -0.39 is 75.4 Å². The second-order valence-electron chi connectivity index (χ2n) is 32.3. The number of likely N-dealkylation sites (tertiary alicyclic amines) is 2. The predicted octanol–water partition coefficient (Wildman–Crippen LogP) is 11.4. The Hall–Kier alpha value is -5.19. The second-order valence-corrected chi connectivity index (χ2v) is 34.6. The molecule has 112 heavy (non-hydrogen) atoms.